The molecular weight excluding hydrogens is 563 g/mol. The number of hydrogen-bond acceptors (Lipinski definition) is 8. The summed E-state index contributed by atoms with van der Waals surface area (Å²) in [5.41, 5.74) is 1.31. The van der Waals surface area contributed by atoms with Crippen LogP contribution in [0.25, 0.3) is 11.0 Å². The summed E-state index contributed by atoms with van der Waals surface area (Å²) >= 11 is 2.36. The highest BCUT2D eigenvalue weighted by molar-refractivity contribution is 8.00. The SMILES string of the molecule is Cc1cc2oc3c(c(=O)c2cc1C)C1(C(=O)N(C)c2ccccc21)N(c1nnc(SCc2ccccc2F)s1)C3=O. The van der Waals surface area contributed by atoms with Crippen molar-refractivity contribution in [1.82, 2.24) is 10.2 Å². The van der Waals surface area contributed by atoms with Crippen LogP contribution >= 0.6 is 23.1 Å². The molecule has 2 aliphatic rings. The molecule has 8 nitrogen and oxygen atoms in total. The largest absolute Gasteiger partial charge is 0.450 e. The number of aromatic nitrogens is 2. The Labute approximate surface area is 241 Å². The Kier molecular flexibility index (Phi) is 5.67. The minimum Gasteiger partial charge on any atom is -0.450 e. The van der Waals surface area contributed by atoms with Crippen LogP contribution in [0.3, 0.4) is 0 Å². The van der Waals surface area contributed by atoms with E-state index in [0.717, 1.165) is 22.5 Å². The normalized spacial score (nSPS) is 17.7. The van der Waals surface area contributed by atoms with Gasteiger partial charge < -0.3 is 9.32 Å². The number of thioether (sulfide) groups is 1. The van der Waals surface area contributed by atoms with E-state index >= 15 is 0 Å². The number of aryl methyl sites for hydroxylation is 2. The van der Waals surface area contributed by atoms with Crippen LogP contribution in [0.5, 0.6) is 0 Å². The summed E-state index contributed by atoms with van der Waals surface area (Å²) in [4.78, 5) is 45.4. The third kappa shape index (κ3) is 3.48. The predicted molar refractivity (Wildman–Crippen MR) is 155 cm³/mol. The Morgan fingerprint density at radius 3 is 2.54 bits per heavy atom. The zero-order valence-electron chi connectivity index (χ0n) is 22.1. The summed E-state index contributed by atoms with van der Waals surface area (Å²) in [7, 11) is 1.61. The molecule has 0 saturated carbocycles. The quantitative estimate of drug-likeness (QED) is 0.201. The van der Waals surface area contributed by atoms with Crippen LogP contribution in [0.1, 0.15) is 38.4 Å². The number of hydrogen-bond donors (Lipinski definition) is 0. The summed E-state index contributed by atoms with van der Waals surface area (Å²) in [6.45, 7) is 3.78. The smallest absolute Gasteiger partial charge is 0.297 e. The standard InChI is InChI=1S/C30H21FN4O4S2/c1-15-12-18-22(13-16(15)2)39-25-23(24(18)36)30(19-9-5-7-11-21(19)34(3)27(30)38)35(26(25)37)28-32-33-29(41-28)40-14-17-8-4-6-10-20(17)31/h4-13H,14H2,1-3H3. The van der Waals surface area contributed by atoms with Crippen LogP contribution in [0.4, 0.5) is 15.2 Å². The van der Waals surface area contributed by atoms with Crippen molar-refractivity contribution in [3.63, 3.8) is 0 Å². The maximum Gasteiger partial charge on any atom is 0.297 e. The van der Waals surface area contributed by atoms with Gasteiger partial charge in [0.1, 0.15) is 11.4 Å². The van der Waals surface area contributed by atoms with E-state index in [-0.39, 0.29) is 27.9 Å². The number of carbonyl (C=O) groups is 2. The topological polar surface area (TPSA) is 96.6 Å². The van der Waals surface area contributed by atoms with Crippen molar-refractivity contribution in [2.75, 3.05) is 16.8 Å². The van der Waals surface area contributed by atoms with E-state index < -0.39 is 22.8 Å². The van der Waals surface area contributed by atoms with Gasteiger partial charge in [-0.1, -0.05) is 59.5 Å². The highest BCUT2D eigenvalue weighted by Crippen LogP contribution is 2.54. The fourth-order valence-electron chi connectivity index (χ4n) is 5.63. The first-order valence-electron chi connectivity index (χ1n) is 12.7. The molecule has 2 aromatic heterocycles. The molecule has 0 radical (unpaired) electrons. The molecule has 0 fully saturated rings. The Hall–Kier alpha value is -4.35. The molecule has 0 aliphatic carbocycles. The van der Waals surface area contributed by atoms with Gasteiger partial charge in [0.15, 0.2) is 15.3 Å². The highest BCUT2D eigenvalue weighted by Gasteiger charge is 2.66. The summed E-state index contributed by atoms with van der Waals surface area (Å²) in [6.07, 6.45) is 0. The van der Waals surface area contributed by atoms with Crippen LogP contribution in [0.2, 0.25) is 0 Å². The minimum absolute atomic E-state index is 0.0317. The van der Waals surface area contributed by atoms with Gasteiger partial charge in [0, 0.05) is 24.1 Å². The van der Waals surface area contributed by atoms with Crippen molar-refractivity contribution in [2.45, 2.75) is 29.5 Å². The van der Waals surface area contributed by atoms with Crippen LogP contribution in [0.15, 0.2) is 74.2 Å². The summed E-state index contributed by atoms with van der Waals surface area (Å²) in [6, 6.07) is 17.0. The summed E-state index contributed by atoms with van der Waals surface area (Å²) < 4.78 is 20.8. The van der Waals surface area contributed by atoms with E-state index in [9.17, 15) is 18.8 Å². The monoisotopic (exact) mass is 584 g/mol. The number of benzene rings is 3. The van der Waals surface area contributed by atoms with Crippen molar-refractivity contribution in [3.05, 3.63) is 110 Å². The van der Waals surface area contributed by atoms with E-state index in [1.807, 2.05) is 13.8 Å². The van der Waals surface area contributed by atoms with E-state index in [1.54, 1.807) is 61.6 Å². The molecule has 1 spiro atoms. The molecular formula is C30H21FN4O4S2. The molecule has 0 bridgehead atoms. The average Bonchev–Trinajstić information content (AvgIpc) is 3.59. The maximum absolute atomic E-state index is 14.3. The lowest BCUT2D eigenvalue weighted by Gasteiger charge is -2.31. The number of amides is 2. The number of carbonyl (C=O) groups excluding carboxylic acids is 2. The molecule has 0 saturated heterocycles. The van der Waals surface area contributed by atoms with Crippen LogP contribution in [-0.4, -0.2) is 29.1 Å². The Morgan fingerprint density at radius 1 is 1.00 bits per heavy atom. The zero-order valence-corrected chi connectivity index (χ0v) is 23.7. The van der Waals surface area contributed by atoms with Gasteiger partial charge in [-0.3, -0.25) is 19.3 Å². The predicted octanol–water partition coefficient (Wildman–Crippen LogP) is 5.57. The molecule has 2 aliphatic heterocycles. The molecule has 204 valence electrons. The molecule has 3 aromatic carbocycles. The van der Waals surface area contributed by atoms with Crippen LogP contribution in [0, 0.1) is 19.7 Å². The van der Waals surface area contributed by atoms with E-state index in [0.29, 0.717) is 32.3 Å². The van der Waals surface area contributed by atoms with Crippen molar-refractivity contribution < 1.29 is 18.4 Å². The van der Waals surface area contributed by atoms with Gasteiger partial charge >= 0.3 is 0 Å². The van der Waals surface area contributed by atoms with Crippen molar-refractivity contribution in [2.24, 2.45) is 0 Å². The van der Waals surface area contributed by atoms with Crippen LogP contribution in [-0.2, 0) is 16.1 Å². The number of likely N-dealkylation sites (N-methyl/N-ethyl adjacent to an activating group) is 1. The second-order valence-electron chi connectivity index (χ2n) is 10.0. The highest BCUT2D eigenvalue weighted by atomic mass is 32.2. The summed E-state index contributed by atoms with van der Waals surface area (Å²) in [5.74, 6) is -1.35. The van der Waals surface area contributed by atoms with Gasteiger partial charge in [0.2, 0.25) is 10.9 Å². The minimum atomic E-state index is -1.82. The molecule has 1 unspecified atom stereocenters. The van der Waals surface area contributed by atoms with Gasteiger partial charge in [-0.2, -0.15) is 0 Å². The molecule has 7 rings (SSSR count). The van der Waals surface area contributed by atoms with E-state index in [1.165, 1.54) is 27.6 Å². The second kappa shape index (κ2) is 9.08. The number of halogens is 1. The van der Waals surface area contributed by atoms with E-state index in [4.69, 9.17) is 4.42 Å². The lowest BCUT2D eigenvalue weighted by atomic mass is 9.84. The molecule has 5 aromatic rings. The second-order valence-corrected chi connectivity index (χ2v) is 12.2. The number of para-hydroxylation sites is 1. The first kappa shape index (κ1) is 25.6. The molecule has 0 N–H and O–H groups in total. The van der Waals surface area contributed by atoms with Gasteiger partial charge in [-0.05, 0) is 54.8 Å². The Bertz CT molecular complexity index is 2000. The lowest BCUT2D eigenvalue weighted by molar-refractivity contribution is -0.121. The van der Waals surface area contributed by atoms with Gasteiger partial charge in [0.05, 0.1) is 10.9 Å². The van der Waals surface area contributed by atoms with E-state index in [2.05, 4.69) is 10.2 Å². The fourth-order valence-corrected chi connectivity index (χ4v) is 7.51. The number of anilines is 2. The van der Waals surface area contributed by atoms with Crippen molar-refractivity contribution >= 4 is 56.7 Å². The Balaban J connectivity index is 1.44. The van der Waals surface area contributed by atoms with Gasteiger partial charge in [0.25, 0.3) is 11.8 Å². The number of fused-ring (bicyclic) bond motifs is 5. The number of rotatable bonds is 4. The molecule has 1 atom stereocenters. The zero-order chi connectivity index (χ0) is 28.6. The average molecular weight is 585 g/mol. The first-order valence-corrected chi connectivity index (χ1v) is 14.5. The molecule has 2 amide bonds. The maximum atomic E-state index is 14.3. The fraction of sp³-hybridized carbons (Fsp3) is 0.167. The number of nitrogens with zero attached hydrogens (tertiary/aromatic N) is 4. The third-order valence-corrected chi connectivity index (χ3v) is 9.86. The Morgan fingerprint density at radius 2 is 1.73 bits per heavy atom. The molecule has 41 heavy (non-hydrogen) atoms. The van der Waals surface area contributed by atoms with Crippen LogP contribution < -0.4 is 15.2 Å². The summed E-state index contributed by atoms with van der Waals surface area (Å²) in [5, 5.41) is 8.95. The van der Waals surface area contributed by atoms with Crippen molar-refractivity contribution in [1.29, 1.82) is 0 Å². The molecule has 11 heteroatoms. The van der Waals surface area contributed by atoms with Gasteiger partial charge in [-0.15, -0.1) is 10.2 Å². The third-order valence-electron chi connectivity index (χ3n) is 7.77. The van der Waals surface area contributed by atoms with Crippen molar-refractivity contribution in [3.8, 4) is 0 Å². The van der Waals surface area contributed by atoms with Gasteiger partial charge in [-0.25, -0.2) is 4.39 Å². The lowest BCUT2D eigenvalue weighted by Crippen LogP contribution is -2.53. The molecule has 4 heterocycles. The first-order chi connectivity index (χ1) is 19.7.